The molecule has 0 radical (unpaired) electrons. The van der Waals surface area contributed by atoms with E-state index in [-0.39, 0.29) is 12.5 Å². The van der Waals surface area contributed by atoms with Gasteiger partial charge in [-0.25, -0.2) is 4.79 Å². The van der Waals surface area contributed by atoms with E-state index in [1.54, 1.807) is 10.8 Å². The number of aryl methyl sites for hydroxylation is 1. The Bertz CT molecular complexity index is 962. The highest BCUT2D eigenvalue weighted by Gasteiger charge is 2.16. The second-order valence-electron chi connectivity index (χ2n) is 5.69. The fourth-order valence-electron chi connectivity index (χ4n) is 2.76. The average molecular weight is 448 g/mol. The summed E-state index contributed by atoms with van der Waals surface area (Å²) in [6, 6.07) is 13.3. The Kier molecular flexibility index (Phi) is 5.08. The minimum absolute atomic E-state index is 0.114. The first kappa shape index (κ1) is 17.5. The minimum atomic E-state index is -0.413. The van der Waals surface area contributed by atoms with Crippen LogP contribution >= 0.6 is 22.6 Å². The number of nitrogens with one attached hydrogen (secondary N) is 1. The Hall–Kier alpha value is -2.35. The molecule has 5 nitrogen and oxygen atoms in total. The molecule has 0 aliphatic carbocycles. The molecule has 3 aromatic rings. The number of hydrogen-bond donors (Lipinski definition) is 1. The summed E-state index contributed by atoms with van der Waals surface area (Å²) in [5.41, 5.74) is 3.07. The van der Waals surface area contributed by atoms with E-state index in [4.69, 9.17) is 4.74 Å². The number of para-hydroxylation sites is 1. The highest BCUT2D eigenvalue weighted by atomic mass is 127. The summed E-state index contributed by atoms with van der Waals surface area (Å²) in [5, 5.41) is 3.69. The van der Waals surface area contributed by atoms with E-state index in [0.717, 1.165) is 25.7 Å². The van der Waals surface area contributed by atoms with Crippen molar-refractivity contribution in [2.45, 2.75) is 13.5 Å². The molecule has 6 heteroatoms. The molecule has 1 amide bonds. The van der Waals surface area contributed by atoms with Crippen molar-refractivity contribution in [2.24, 2.45) is 0 Å². The number of nitrogens with zero attached hydrogens (tertiary/aromatic N) is 1. The standard InChI is InChI=1S/C19H17IN2O3/c1-12-9-13(20)7-8-16(12)21-18(23)11-22-10-15(19(24)25-2)14-5-3-4-6-17(14)22/h3-10H,11H2,1-2H3,(H,21,23). The number of hydrogen-bond acceptors (Lipinski definition) is 3. The summed E-state index contributed by atoms with van der Waals surface area (Å²) in [5.74, 6) is -0.565. The van der Waals surface area contributed by atoms with Gasteiger partial charge in [0.15, 0.2) is 0 Å². The number of fused-ring (bicyclic) bond motifs is 1. The first-order valence-electron chi connectivity index (χ1n) is 7.72. The van der Waals surface area contributed by atoms with Gasteiger partial charge < -0.3 is 14.6 Å². The summed E-state index contributed by atoms with van der Waals surface area (Å²) in [7, 11) is 1.35. The highest BCUT2D eigenvalue weighted by Crippen LogP contribution is 2.23. The maximum Gasteiger partial charge on any atom is 0.340 e. The van der Waals surface area contributed by atoms with Gasteiger partial charge in [0.2, 0.25) is 5.91 Å². The highest BCUT2D eigenvalue weighted by molar-refractivity contribution is 14.1. The fourth-order valence-corrected chi connectivity index (χ4v) is 3.41. The summed E-state index contributed by atoms with van der Waals surface area (Å²) in [6.07, 6.45) is 1.66. The van der Waals surface area contributed by atoms with Crippen molar-refractivity contribution >= 4 is 51.1 Å². The van der Waals surface area contributed by atoms with Crippen LogP contribution in [-0.2, 0) is 16.1 Å². The molecule has 0 fully saturated rings. The second kappa shape index (κ2) is 7.26. The molecule has 0 saturated carbocycles. The molecule has 0 atom stereocenters. The van der Waals surface area contributed by atoms with Crippen LogP contribution in [0.2, 0.25) is 0 Å². The van der Waals surface area contributed by atoms with Gasteiger partial charge in [0.05, 0.1) is 12.7 Å². The lowest BCUT2D eigenvalue weighted by molar-refractivity contribution is -0.116. The molecule has 3 rings (SSSR count). The first-order chi connectivity index (χ1) is 12.0. The second-order valence-corrected chi connectivity index (χ2v) is 6.93. The maximum atomic E-state index is 12.5. The summed E-state index contributed by atoms with van der Waals surface area (Å²) < 4.78 is 7.71. The lowest BCUT2D eigenvalue weighted by Crippen LogP contribution is -2.18. The van der Waals surface area contributed by atoms with Crippen LogP contribution in [0.15, 0.2) is 48.7 Å². The predicted molar refractivity (Wildman–Crippen MR) is 106 cm³/mol. The van der Waals surface area contributed by atoms with Crippen LogP contribution in [0.3, 0.4) is 0 Å². The van der Waals surface area contributed by atoms with Gasteiger partial charge in [-0.1, -0.05) is 18.2 Å². The van der Waals surface area contributed by atoms with Gasteiger partial charge in [-0.3, -0.25) is 4.79 Å². The SMILES string of the molecule is COC(=O)c1cn(CC(=O)Nc2ccc(I)cc2C)c2ccccc12. The average Bonchev–Trinajstić information content (AvgIpc) is 2.95. The van der Waals surface area contributed by atoms with E-state index >= 15 is 0 Å². The molecule has 2 aromatic carbocycles. The van der Waals surface area contributed by atoms with Crippen LogP contribution in [-0.4, -0.2) is 23.6 Å². The van der Waals surface area contributed by atoms with Gasteiger partial charge in [-0.15, -0.1) is 0 Å². The van der Waals surface area contributed by atoms with Gasteiger partial charge in [0, 0.05) is 26.4 Å². The first-order valence-corrected chi connectivity index (χ1v) is 8.79. The number of methoxy groups -OCH3 is 1. The smallest absolute Gasteiger partial charge is 0.340 e. The molecular weight excluding hydrogens is 431 g/mol. The lowest BCUT2D eigenvalue weighted by Gasteiger charge is -2.10. The molecule has 1 heterocycles. The zero-order chi connectivity index (χ0) is 18.0. The monoisotopic (exact) mass is 448 g/mol. The van der Waals surface area contributed by atoms with Crippen LogP contribution < -0.4 is 5.32 Å². The van der Waals surface area contributed by atoms with Crippen LogP contribution in [0.1, 0.15) is 15.9 Å². The number of amides is 1. The molecule has 0 aliphatic rings. The van der Waals surface area contributed by atoms with Gasteiger partial charge in [-0.05, 0) is 59.3 Å². The summed E-state index contributed by atoms with van der Waals surface area (Å²) >= 11 is 2.24. The zero-order valence-corrected chi connectivity index (χ0v) is 16.0. The van der Waals surface area contributed by atoms with E-state index in [0.29, 0.717) is 5.56 Å². The molecule has 25 heavy (non-hydrogen) atoms. The van der Waals surface area contributed by atoms with E-state index in [1.807, 2.05) is 49.4 Å². The molecule has 0 spiro atoms. The Morgan fingerprint density at radius 1 is 1.20 bits per heavy atom. The Labute approximate surface area is 159 Å². The van der Waals surface area contributed by atoms with E-state index in [9.17, 15) is 9.59 Å². The molecule has 1 aromatic heterocycles. The van der Waals surface area contributed by atoms with E-state index < -0.39 is 5.97 Å². The van der Waals surface area contributed by atoms with Crippen molar-refractivity contribution in [1.29, 1.82) is 0 Å². The third-order valence-corrected chi connectivity index (χ3v) is 4.64. The molecule has 0 bridgehead atoms. The minimum Gasteiger partial charge on any atom is -0.465 e. The third-order valence-electron chi connectivity index (χ3n) is 3.97. The zero-order valence-electron chi connectivity index (χ0n) is 13.9. The predicted octanol–water partition coefficient (Wildman–Crippen LogP) is 3.98. The van der Waals surface area contributed by atoms with Crippen LogP contribution in [0.25, 0.3) is 10.9 Å². The summed E-state index contributed by atoms with van der Waals surface area (Å²) in [6.45, 7) is 2.07. The molecule has 128 valence electrons. The van der Waals surface area contributed by atoms with Gasteiger partial charge in [0.1, 0.15) is 6.54 Å². The van der Waals surface area contributed by atoms with Crippen molar-refractivity contribution in [3.05, 3.63) is 63.4 Å². The quantitative estimate of drug-likeness (QED) is 0.486. The Balaban J connectivity index is 1.87. The Morgan fingerprint density at radius 3 is 2.68 bits per heavy atom. The number of anilines is 1. The molecule has 1 N–H and O–H groups in total. The number of benzene rings is 2. The van der Waals surface area contributed by atoms with Crippen LogP contribution in [0.4, 0.5) is 5.69 Å². The largest absolute Gasteiger partial charge is 0.465 e. The maximum absolute atomic E-state index is 12.5. The number of rotatable bonds is 4. The molecule has 0 unspecified atom stereocenters. The molecular formula is C19H17IN2O3. The number of carbonyl (C=O) groups is 2. The van der Waals surface area contributed by atoms with Crippen LogP contribution in [0.5, 0.6) is 0 Å². The van der Waals surface area contributed by atoms with E-state index in [1.165, 1.54) is 7.11 Å². The number of halogens is 1. The third kappa shape index (κ3) is 3.68. The molecule has 0 aliphatic heterocycles. The fraction of sp³-hybridized carbons (Fsp3) is 0.158. The van der Waals surface area contributed by atoms with E-state index in [2.05, 4.69) is 27.9 Å². The summed E-state index contributed by atoms with van der Waals surface area (Å²) in [4.78, 5) is 24.4. The van der Waals surface area contributed by atoms with Crippen molar-refractivity contribution in [2.75, 3.05) is 12.4 Å². The number of ether oxygens (including phenoxy) is 1. The number of esters is 1. The number of carbonyl (C=O) groups excluding carboxylic acids is 2. The van der Waals surface area contributed by atoms with Crippen molar-refractivity contribution in [3.63, 3.8) is 0 Å². The molecule has 0 saturated heterocycles. The van der Waals surface area contributed by atoms with Gasteiger partial charge >= 0.3 is 5.97 Å². The van der Waals surface area contributed by atoms with Crippen LogP contribution in [0, 0.1) is 10.5 Å². The lowest BCUT2D eigenvalue weighted by atomic mass is 10.2. The van der Waals surface area contributed by atoms with Gasteiger partial charge in [-0.2, -0.15) is 0 Å². The normalized spacial score (nSPS) is 10.7. The van der Waals surface area contributed by atoms with Crippen molar-refractivity contribution in [1.82, 2.24) is 4.57 Å². The number of aromatic nitrogens is 1. The van der Waals surface area contributed by atoms with Crippen molar-refractivity contribution < 1.29 is 14.3 Å². The van der Waals surface area contributed by atoms with Gasteiger partial charge in [0.25, 0.3) is 0 Å². The topological polar surface area (TPSA) is 60.3 Å². The van der Waals surface area contributed by atoms with Crippen molar-refractivity contribution in [3.8, 4) is 0 Å². The Morgan fingerprint density at radius 2 is 1.96 bits per heavy atom.